The fourth-order valence-corrected chi connectivity index (χ4v) is 11.3. The maximum absolute atomic E-state index is 5.02. The molecule has 5 aromatic carbocycles. The van der Waals surface area contributed by atoms with Crippen molar-refractivity contribution >= 4 is 36.6 Å². The van der Waals surface area contributed by atoms with Crippen LogP contribution in [0, 0.1) is 0 Å². The van der Waals surface area contributed by atoms with E-state index in [1.807, 2.05) is 6.20 Å². The van der Waals surface area contributed by atoms with Gasteiger partial charge < -0.3 is 4.57 Å². The highest BCUT2D eigenvalue weighted by Gasteiger charge is 2.40. The molecule has 1 heterocycles. The van der Waals surface area contributed by atoms with Crippen LogP contribution in [-0.4, -0.2) is 24.9 Å². The van der Waals surface area contributed by atoms with E-state index in [1.165, 1.54) is 37.8 Å². The van der Waals surface area contributed by atoms with Gasteiger partial charge in [-0.15, -0.1) is 0 Å². The van der Waals surface area contributed by atoms with E-state index in [9.17, 15) is 0 Å². The van der Waals surface area contributed by atoms with Gasteiger partial charge in [0.15, 0.2) is 8.07 Å². The number of aryl methyl sites for hydroxylation is 2. The molecule has 0 fully saturated rings. The molecular formula is C39H39BN2Si. The molecule has 6 aromatic rings. The fourth-order valence-electron chi connectivity index (χ4n) is 6.52. The van der Waals surface area contributed by atoms with Crippen LogP contribution in [-0.2, 0) is 19.0 Å². The SMILES string of the molecule is CCc1cccc([Si](Cn2ccnc2BC(c2ccccc2)c2ccccc2)(c2ccccc2)c2cccc(CC)c2)c1. The second-order valence-electron chi connectivity index (χ2n) is 11.4. The topological polar surface area (TPSA) is 17.8 Å². The lowest BCUT2D eigenvalue weighted by molar-refractivity contribution is 0.889. The summed E-state index contributed by atoms with van der Waals surface area (Å²) < 4.78 is 2.47. The minimum absolute atomic E-state index is 0.225. The van der Waals surface area contributed by atoms with Crippen LogP contribution in [0.4, 0.5) is 0 Å². The van der Waals surface area contributed by atoms with Crippen LogP contribution in [0.15, 0.2) is 152 Å². The molecule has 0 aliphatic rings. The summed E-state index contributed by atoms with van der Waals surface area (Å²) in [6.07, 6.45) is 7.14. The average molecular weight is 575 g/mol. The van der Waals surface area contributed by atoms with Crippen LogP contribution in [0.2, 0.25) is 0 Å². The maximum Gasteiger partial charge on any atom is 0.217 e. The number of benzene rings is 5. The second kappa shape index (κ2) is 13.3. The van der Waals surface area contributed by atoms with Gasteiger partial charge in [0.1, 0.15) is 0 Å². The predicted molar refractivity (Wildman–Crippen MR) is 186 cm³/mol. The summed E-state index contributed by atoms with van der Waals surface area (Å²) in [5.41, 5.74) is 6.54. The molecule has 0 aliphatic carbocycles. The number of hydrogen-bond acceptors (Lipinski definition) is 1. The van der Waals surface area contributed by atoms with E-state index in [1.54, 1.807) is 0 Å². The first kappa shape index (κ1) is 28.7. The Morgan fingerprint density at radius 3 is 1.60 bits per heavy atom. The molecule has 0 atom stereocenters. The summed E-state index contributed by atoms with van der Waals surface area (Å²) >= 11 is 0. The summed E-state index contributed by atoms with van der Waals surface area (Å²) in [5.74, 6) is 0.225. The molecule has 1 aromatic heterocycles. The highest BCUT2D eigenvalue weighted by Crippen LogP contribution is 2.23. The standard InChI is InChI=1S/C39H39BN2Si/c1-3-31-16-14-24-36(28-31)43(35-22-12-7-13-23-35,37-25-15-17-32(4-2)29-37)30-42-27-26-41-39(42)40-38(33-18-8-5-9-19-33)34-20-10-6-11-21-34/h5-29,38,40H,3-4,30H2,1-2H3. The molecule has 2 nitrogen and oxygen atoms in total. The van der Waals surface area contributed by atoms with Crippen LogP contribution in [0.3, 0.4) is 0 Å². The average Bonchev–Trinajstić information content (AvgIpc) is 3.53. The van der Waals surface area contributed by atoms with E-state index in [0.717, 1.165) is 32.0 Å². The summed E-state index contributed by atoms with van der Waals surface area (Å²) in [6, 6.07) is 51.8. The molecule has 0 unspecified atom stereocenters. The molecule has 6 rings (SSSR count). The third kappa shape index (κ3) is 6.07. The lowest BCUT2D eigenvalue weighted by atomic mass is 9.58. The van der Waals surface area contributed by atoms with Crippen molar-refractivity contribution in [3.63, 3.8) is 0 Å². The van der Waals surface area contributed by atoms with Gasteiger partial charge in [-0.25, -0.2) is 0 Å². The molecule has 0 bridgehead atoms. The van der Waals surface area contributed by atoms with Crippen molar-refractivity contribution in [2.75, 3.05) is 0 Å². The summed E-state index contributed by atoms with van der Waals surface area (Å²) in [4.78, 5) is 5.02. The number of imidazole rings is 1. The smallest absolute Gasteiger partial charge is 0.217 e. The number of nitrogens with zero attached hydrogens (tertiary/aromatic N) is 2. The first-order chi connectivity index (χ1) is 21.2. The van der Waals surface area contributed by atoms with Gasteiger partial charge in [-0.1, -0.05) is 153 Å². The fraction of sp³-hybridized carbons (Fsp3) is 0.154. The Kier molecular flexibility index (Phi) is 8.86. The van der Waals surface area contributed by atoms with E-state index in [0.29, 0.717) is 0 Å². The molecule has 0 radical (unpaired) electrons. The third-order valence-corrected chi connectivity index (χ3v) is 13.6. The van der Waals surface area contributed by atoms with Gasteiger partial charge in [-0.05, 0) is 56.5 Å². The third-order valence-electron chi connectivity index (χ3n) is 8.92. The van der Waals surface area contributed by atoms with E-state index >= 15 is 0 Å². The Morgan fingerprint density at radius 1 is 0.605 bits per heavy atom. The van der Waals surface area contributed by atoms with Gasteiger partial charge in [-0.3, -0.25) is 4.98 Å². The van der Waals surface area contributed by atoms with Crippen LogP contribution < -0.4 is 21.3 Å². The van der Waals surface area contributed by atoms with E-state index in [4.69, 9.17) is 4.98 Å². The van der Waals surface area contributed by atoms with Crippen LogP contribution in [0.25, 0.3) is 0 Å². The molecule has 0 spiro atoms. The Hall–Kier alpha value is -4.41. The Bertz CT molecular complexity index is 1660. The second-order valence-corrected chi connectivity index (χ2v) is 15.3. The minimum Gasteiger partial charge on any atom is -0.345 e. The summed E-state index contributed by atoms with van der Waals surface area (Å²) in [7, 11) is -1.70. The number of aromatic nitrogens is 2. The molecule has 0 saturated carbocycles. The van der Waals surface area contributed by atoms with Crippen molar-refractivity contribution in [1.29, 1.82) is 0 Å². The van der Waals surface area contributed by atoms with Gasteiger partial charge in [0.25, 0.3) is 0 Å². The molecule has 212 valence electrons. The lowest BCUT2D eigenvalue weighted by Crippen LogP contribution is -2.70. The zero-order valence-corrected chi connectivity index (χ0v) is 26.2. The largest absolute Gasteiger partial charge is 0.345 e. The highest BCUT2D eigenvalue weighted by atomic mass is 28.3. The molecule has 4 heteroatoms. The van der Waals surface area contributed by atoms with Crippen molar-refractivity contribution < 1.29 is 0 Å². The molecule has 0 amide bonds. The van der Waals surface area contributed by atoms with E-state index in [-0.39, 0.29) is 5.82 Å². The van der Waals surface area contributed by atoms with Gasteiger partial charge in [0.2, 0.25) is 7.28 Å². The van der Waals surface area contributed by atoms with Gasteiger partial charge >= 0.3 is 0 Å². The van der Waals surface area contributed by atoms with Crippen molar-refractivity contribution in [1.82, 2.24) is 9.55 Å². The van der Waals surface area contributed by atoms with Gasteiger partial charge in [0, 0.05) is 18.6 Å². The van der Waals surface area contributed by atoms with Crippen LogP contribution >= 0.6 is 0 Å². The van der Waals surface area contributed by atoms with E-state index < -0.39 is 8.07 Å². The van der Waals surface area contributed by atoms with Crippen molar-refractivity contribution in [3.8, 4) is 0 Å². The van der Waals surface area contributed by atoms with Crippen LogP contribution in [0.1, 0.15) is 41.9 Å². The van der Waals surface area contributed by atoms with Crippen molar-refractivity contribution in [3.05, 3.63) is 174 Å². The van der Waals surface area contributed by atoms with E-state index in [2.05, 4.69) is 164 Å². The Morgan fingerprint density at radius 2 is 1.09 bits per heavy atom. The Balaban J connectivity index is 1.52. The van der Waals surface area contributed by atoms with Crippen molar-refractivity contribution in [2.45, 2.75) is 38.7 Å². The van der Waals surface area contributed by atoms with Gasteiger partial charge in [-0.2, -0.15) is 0 Å². The van der Waals surface area contributed by atoms with Crippen molar-refractivity contribution in [2.24, 2.45) is 0 Å². The molecule has 0 saturated heterocycles. The zero-order chi connectivity index (χ0) is 29.5. The molecule has 0 aliphatic heterocycles. The molecular weight excluding hydrogens is 535 g/mol. The highest BCUT2D eigenvalue weighted by molar-refractivity contribution is 7.10. The molecule has 43 heavy (non-hydrogen) atoms. The predicted octanol–water partition coefficient (Wildman–Crippen LogP) is 5.57. The normalized spacial score (nSPS) is 11.5. The quantitative estimate of drug-likeness (QED) is 0.146. The number of rotatable bonds is 11. The first-order valence-electron chi connectivity index (χ1n) is 15.6. The summed E-state index contributed by atoms with van der Waals surface area (Å²) in [6.45, 7) is 4.51. The van der Waals surface area contributed by atoms with Gasteiger partial charge in [0.05, 0.1) is 5.72 Å². The van der Waals surface area contributed by atoms with Crippen LogP contribution in [0.5, 0.6) is 0 Å². The zero-order valence-electron chi connectivity index (χ0n) is 25.2. The monoisotopic (exact) mass is 574 g/mol. The number of hydrogen-bond donors (Lipinski definition) is 0. The lowest BCUT2D eigenvalue weighted by Gasteiger charge is -2.35. The maximum atomic E-state index is 5.02. The summed E-state index contributed by atoms with van der Waals surface area (Å²) in [5, 5.41) is 4.33. The minimum atomic E-state index is -2.54. The Labute approximate surface area is 258 Å². The molecule has 0 N–H and O–H groups in total. The first-order valence-corrected chi connectivity index (χ1v) is 17.8.